The molecule has 2 amide bonds. The molecule has 0 aliphatic carbocycles. The van der Waals surface area contributed by atoms with Crippen LogP contribution < -0.4 is 5.32 Å². The molecule has 0 aromatic heterocycles. The number of nitrogens with zero attached hydrogens (tertiary/aromatic N) is 1. The van der Waals surface area contributed by atoms with E-state index in [9.17, 15) is 14.4 Å². The number of hydrogen-bond donors (Lipinski definition) is 2. The molecule has 0 unspecified atom stereocenters. The monoisotopic (exact) mass is 358 g/mol. The third-order valence-corrected chi connectivity index (χ3v) is 4.13. The molecule has 0 spiro atoms. The summed E-state index contributed by atoms with van der Waals surface area (Å²) in [6.07, 6.45) is -0.247. The van der Waals surface area contributed by atoms with Crippen LogP contribution in [0.25, 0.3) is 0 Å². The number of nitrogens with one attached hydrogen (secondary N) is 1. The quantitative estimate of drug-likeness (QED) is 0.839. The molecule has 106 valence electrons. The molecular weight excluding hydrogens is 348 g/mol. The van der Waals surface area contributed by atoms with Gasteiger partial charge in [0.05, 0.1) is 6.42 Å². The molecular formula is C12H11BrN2O4S. The number of thioether (sulfide) groups is 1. The summed E-state index contributed by atoms with van der Waals surface area (Å²) in [6.45, 7) is -0.0987. The fraction of sp³-hybridized carbons (Fsp3) is 0.250. The zero-order valence-corrected chi connectivity index (χ0v) is 12.6. The number of anilines is 1. The Morgan fingerprint density at radius 1 is 1.35 bits per heavy atom. The number of amides is 2. The number of halogens is 1. The lowest BCUT2D eigenvalue weighted by atomic mass is 10.3. The molecule has 0 radical (unpaired) electrons. The van der Waals surface area contributed by atoms with Crippen LogP contribution in [-0.2, 0) is 9.59 Å². The van der Waals surface area contributed by atoms with Crippen LogP contribution in [0.5, 0.6) is 0 Å². The van der Waals surface area contributed by atoms with Crippen LogP contribution in [0.1, 0.15) is 6.42 Å². The summed E-state index contributed by atoms with van der Waals surface area (Å²) < 4.78 is 0.910. The fourth-order valence-electron chi connectivity index (χ4n) is 1.64. The molecule has 8 heteroatoms. The summed E-state index contributed by atoms with van der Waals surface area (Å²) >= 11 is 4.16. The first-order valence-corrected chi connectivity index (χ1v) is 7.40. The summed E-state index contributed by atoms with van der Waals surface area (Å²) in [6, 6.07) is 7.19. The molecule has 1 heterocycles. The lowest BCUT2D eigenvalue weighted by Crippen LogP contribution is -2.35. The van der Waals surface area contributed by atoms with Crippen molar-refractivity contribution >= 4 is 50.5 Å². The Morgan fingerprint density at radius 2 is 2.00 bits per heavy atom. The first-order chi connectivity index (χ1) is 9.47. The predicted octanol–water partition coefficient (Wildman–Crippen LogP) is 2.36. The molecule has 1 aromatic carbocycles. The van der Waals surface area contributed by atoms with Crippen molar-refractivity contribution in [2.45, 2.75) is 11.8 Å². The van der Waals surface area contributed by atoms with E-state index in [1.165, 1.54) is 0 Å². The molecule has 1 aromatic rings. The standard InChI is InChI=1S/C12H11BrN2O4S/c13-7-1-3-8(4-2-7)14-10-11(18)15(12(19)20-10)6-5-9(16)17/h1-4,10,14H,5-6H2,(H,16,17)/t10-/m1/s1. The first-order valence-electron chi connectivity index (χ1n) is 5.73. The van der Waals surface area contributed by atoms with Crippen molar-refractivity contribution in [3.63, 3.8) is 0 Å². The second kappa shape index (κ2) is 6.27. The van der Waals surface area contributed by atoms with Crippen molar-refractivity contribution in [3.8, 4) is 0 Å². The van der Waals surface area contributed by atoms with Crippen molar-refractivity contribution < 1.29 is 19.5 Å². The van der Waals surface area contributed by atoms with Gasteiger partial charge in [-0.25, -0.2) is 0 Å². The number of aliphatic carboxylic acids is 1. The minimum Gasteiger partial charge on any atom is -0.481 e. The zero-order valence-electron chi connectivity index (χ0n) is 10.2. The maximum absolute atomic E-state index is 12.0. The van der Waals surface area contributed by atoms with Crippen molar-refractivity contribution in [3.05, 3.63) is 28.7 Å². The second-order valence-corrected chi connectivity index (χ2v) is 6.02. The van der Waals surface area contributed by atoms with Crippen molar-refractivity contribution in [2.75, 3.05) is 11.9 Å². The highest BCUT2D eigenvalue weighted by Gasteiger charge is 2.39. The van der Waals surface area contributed by atoms with Gasteiger partial charge in [0.2, 0.25) is 0 Å². The van der Waals surface area contributed by atoms with Gasteiger partial charge in [0.15, 0.2) is 5.37 Å². The van der Waals surface area contributed by atoms with E-state index in [0.717, 1.165) is 21.1 Å². The highest BCUT2D eigenvalue weighted by Crippen LogP contribution is 2.28. The van der Waals surface area contributed by atoms with Crippen LogP contribution in [0.2, 0.25) is 0 Å². The van der Waals surface area contributed by atoms with Gasteiger partial charge in [0, 0.05) is 16.7 Å². The normalized spacial score (nSPS) is 18.4. The lowest BCUT2D eigenvalue weighted by Gasteiger charge is -2.13. The van der Waals surface area contributed by atoms with Crippen molar-refractivity contribution in [2.24, 2.45) is 0 Å². The van der Waals surface area contributed by atoms with Gasteiger partial charge in [-0.15, -0.1) is 0 Å². The summed E-state index contributed by atoms with van der Waals surface area (Å²) in [5.41, 5.74) is 0.715. The number of rotatable bonds is 5. The number of hydrogen-bond acceptors (Lipinski definition) is 5. The zero-order chi connectivity index (χ0) is 14.7. The average Bonchev–Trinajstić information content (AvgIpc) is 2.65. The highest BCUT2D eigenvalue weighted by atomic mass is 79.9. The van der Waals surface area contributed by atoms with E-state index in [2.05, 4.69) is 21.2 Å². The van der Waals surface area contributed by atoms with Crippen LogP contribution >= 0.6 is 27.7 Å². The summed E-state index contributed by atoms with van der Waals surface area (Å²) in [5, 5.41) is 10.4. The Kier molecular flexibility index (Phi) is 4.66. The summed E-state index contributed by atoms with van der Waals surface area (Å²) in [5.74, 6) is -1.45. The number of carbonyl (C=O) groups is 3. The second-order valence-electron chi connectivity index (χ2n) is 4.05. The molecule has 1 aliphatic rings. The maximum Gasteiger partial charge on any atom is 0.305 e. The first kappa shape index (κ1) is 14.9. The third kappa shape index (κ3) is 3.51. The Labute approximate surface area is 127 Å². The molecule has 1 saturated heterocycles. The Hall–Kier alpha value is -1.54. The SMILES string of the molecule is O=C(O)CCN1C(=O)S[C@@H](Nc2ccc(Br)cc2)C1=O. The predicted molar refractivity (Wildman–Crippen MR) is 78.5 cm³/mol. The highest BCUT2D eigenvalue weighted by molar-refractivity contribution is 9.10. The van der Waals surface area contributed by atoms with Gasteiger partial charge < -0.3 is 10.4 Å². The van der Waals surface area contributed by atoms with Crippen LogP contribution in [-0.4, -0.2) is 39.0 Å². The number of benzene rings is 1. The molecule has 6 nitrogen and oxygen atoms in total. The largest absolute Gasteiger partial charge is 0.481 e. The summed E-state index contributed by atoms with van der Waals surface area (Å²) in [4.78, 5) is 35.2. The lowest BCUT2D eigenvalue weighted by molar-refractivity contribution is -0.137. The molecule has 1 atom stereocenters. The van der Waals surface area contributed by atoms with Gasteiger partial charge in [0.25, 0.3) is 11.1 Å². The van der Waals surface area contributed by atoms with Gasteiger partial charge in [0.1, 0.15) is 0 Å². The van der Waals surface area contributed by atoms with Crippen molar-refractivity contribution in [1.82, 2.24) is 4.90 Å². The fourth-order valence-corrected chi connectivity index (χ4v) is 2.84. The van der Waals surface area contributed by atoms with Gasteiger partial charge in [-0.05, 0) is 36.0 Å². The Morgan fingerprint density at radius 3 is 2.60 bits per heavy atom. The molecule has 1 aliphatic heterocycles. The van der Waals surface area contributed by atoms with Crippen molar-refractivity contribution in [1.29, 1.82) is 0 Å². The third-order valence-electron chi connectivity index (χ3n) is 2.62. The van der Waals surface area contributed by atoms with Crippen LogP contribution in [0.4, 0.5) is 10.5 Å². The Bertz CT molecular complexity index is 549. The molecule has 2 N–H and O–H groups in total. The average molecular weight is 359 g/mol. The smallest absolute Gasteiger partial charge is 0.305 e. The van der Waals surface area contributed by atoms with E-state index in [4.69, 9.17) is 5.11 Å². The number of carboxylic acid groups (broad SMARTS) is 1. The van der Waals surface area contributed by atoms with E-state index in [0.29, 0.717) is 5.69 Å². The molecule has 20 heavy (non-hydrogen) atoms. The van der Waals surface area contributed by atoms with Crippen LogP contribution in [0, 0.1) is 0 Å². The minimum atomic E-state index is -1.04. The van der Waals surface area contributed by atoms with E-state index < -0.39 is 22.5 Å². The number of carboxylic acids is 1. The van der Waals surface area contributed by atoms with Crippen LogP contribution in [0.3, 0.4) is 0 Å². The van der Waals surface area contributed by atoms with E-state index >= 15 is 0 Å². The van der Waals surface area contributed by atoms with Gasteiger partial charge in [-0.2, -0.15) is 0 Å². The maximum atomic E-state index is 12.0. The van der Waals surface area contributed by atoms with Crippen LogP contribution in [0.15, 0.2) is 28.7 Å². The molecule has 1 fully saturated rings. The van der Waals surface area contributed by atoms with E-state index in [1.807, 2.05) is 12.1 Å². The van der Waals surface area contributed by atoms with E-state index in [-0.39, 0.29) is 13.0 Å². The van der Waals surface area contributed by atoms with Gasteiger partial charge in [-0.3, -0.25) is 19.3 Å². The summed E-state index contributed by atoms with van der Waals surface area (Å²) in [7, 11) is 0. The number of imide groups is 1. The van der Waals surface area contributed by atoms with Gasteiger partial charge in [-0.1, -0.05) is 15.9 Å². The molecule has 0 bridgehead atoms. The van der Waals surface area contributed by atoms with E-state index in [1.54, 1.807) is 12.1 Å². The Balaban J connectivity index is 2.00. The molecule has 0 saturated carbocycles. The number of carbonyl (C=O) groups excluding carboxylic acids is 2. The molecule has 2 rings (SSSR count). The topological polar surface area (TPSA) is 86.7 Å². The van der Waals surface area contributed by atoms with Gasteiger partial charge >= 0.3 is 5.97 Å². The minimum absolute atomic E-state index is 0.0987.